The van der Waals surface area contributed by atoms with Crippen LogP contribution in [-0.2, 0) is 28.3 Å². The van der Waals surface area contributed by atoms with Crippen molar-refractivity contribution in [3.05, 3.63) is 12.0 Å². The van der Waals surface area contributed by atoms with Gasteiger partial charge in [0.1, 0.15) is 0 Å². The number of hydrogen-bond donors (Lipinski definition) is 0. The van der Waals surface area contributed by atoms with Crippen molar-refractivity contribution in [2.24, 2.45) is 0 Å². The number of hydrogen-bond acceptors (Lipinski definition) is 6. The van der Waals surface area contributed by atoms with E-state index in [1.807, 2.05) is 0 Å². The summed E-state index contributed by atoms with van der Waals surface area (Å²) in [5.74, 6) is 0. The molecular formula is C4H8O6S2. The van der Waals surface area contributed by atoms with Gasteiger partial charge in [-0.1, -0.05) is 6.58 Å². The Hall–Kier alpha value is -0.440. The third kappa shape index (κ3) is 4.44. The second-order valence-corrected chi connectivity index (χ2v) is 4.46. The van der Waals surface area contributed by atoms with Gasteiger partial charge in [-0.25, -0.2) is 4.18 Å². The SMILES string of the molecule is C=CS(=O)(=O)OS(=O)(=O)OCC. The lowest BCUT2D eigenvalue weighted by molar-refractivity contribution is 0.290. The molecule has 0 saturated heterocycles. The summed E-state index contributed by atoms with van der Waals surface area (Å²) in [5.41, 5.74) is 0. The minimum Gasteiger partial charge on any atom is -0.248 e. The highest BCUT2D eigenvalue weighted by Gasteiger charge is 2.19. The topological polar surface area (TPSA) is 86.7 Å². The molecule has 12 heavy (non-hydrogen) atoms. The summed E-state index contributed by atoms with van der Waals surface area (Å²) in [5, 5.41) is 0.365. The molecule has 0 fully saturated rings. The third-order valence-corrected chi connectivity index (χ3v) is 3.00. The van der Waals surface area contributed by atoms with Gasteiger partial charge in [0.15, 0.2) is 0 Å². The molecule has 0 atom stereocenters. The molecule has 8 heteroatoms. The summed E-state index contributed by atoms with van der Waals surface area (Å²) < 4.78 is 49.7. The number of rotatable bonds is 5. The van der Waals surface area contributed by atoms with Gasteiger partial charge in [-0.05, 0) is 6.92 Å². The molecule has 0 aromatic rings. The second kappa shape index (κ2) is 3.99. The Morgan fingerprint density at radius 3 is 2.17 bits per heavy atom. The van der Waals surface area contributed by atoms with Crippen LogP contribution >= 0.6 is 0 Å². The molecule has 0 aliphatic carbocycles. The zero-order valence-electron chi connectivity index (χ0n) is 6.26. The van der Waals surface area contributed by atoms with Gasteiger partial charge in [0, 0.05) is 0 Å². The first-order valence-electron chi connectivity index (χ1n) is 2.81. The van der Waals surface area contributed by atoms with Crippen molar-refractivity contribution < 1.29 is 24.6 Å². The van der Waals surface area contributed by atoms with Crippen molar-refractivity contribution in [2.75, 3.05) is 6.61 Å². The van der Waals surface area contributed by atoms with Gasteiger partial charge in [-0.2, -0.15) is 16.8 Å². The molecule has 0 amide bonds. The predicted molar refractivity (Wildman–Crippen MR) is 40.7 cm³/mol. The molecule has 0 aliphatic heterocycles. The van der Waals surface area contributed by atoms with E-state index in [1.54, 1.807) is 0 Å². The molecule has 0 heterocycles. The van der Waals surface area contributed by atoms with E-state index in [2.05, 4.69) is 14.4 Å². The average Bonchev–Trinajstić information content (AvgIpc) is 1.85. The first kappa shape index (κ1) is 11.6. The van der Waals surface area contributed by atoms with E-state index in [9.17, 15) is 16.8 Å². The van der Waals surface area contributed by atoms with Crippen molar-refractivity contribution >= 4 is 20.5 Å². The van der Waals surface area contributed by atoms with Crippen LogP contribution in [0.15, 0.2) is 12.0 Å². The lowest BCUT2D eigenvalue weighted by Gasteiger charge is -2.00. The van der Waals surface area contributed by atoms with Crippen molar-refractivity contribution in [1.82, 2.24) is 0 Å². The average molecular weight is 216 g/mol. The van der Waals surface area contributed by atoms with Gasteiger partial charge in [0.2, 0.25) is 0 Å². The minimum atomic E-state index is -4.46. The first-order chi connectivity index (χ1) is 5.33. The van der Waals surface area contributed by atoms with Crippen LogP contribution in [0.4, 0.5) is 0 Å². The summed E-state index contributed by atoms with van der Waals surface area (Å²) in [4.78, 5) is 0. The zero-order valence-corrected chi connectivity index (χ0v) is 7.89. The summed E-state index contributed by atoms with van der Waals surface area (Å²) in [6, 6.07) is 0. The molecule has 0 unspecified atom stereocenters. The summed E-state index contributed by atoms with van der Waals surface area (Å²) in [6.07, 6.45) is 0. The molecule has 0 saturated carbocycles. The van der Waals surface area contributed by atoms with Gasteiger partial charge < -0.3 is 0 Å². The van der Waals surface area contributed by atoms with E-state index in [1.165, 1.54) is 6.92 Å². The molecule has 0 aliphatic rings. The summed E-state index contributed by atoms with van der Waals surface area (Å²) in [7, 11) is -8.71. The zero-order chi connectivity index (χ0) is 9.83. The molecular weight excluding hydrogens is 208 g/mol. The third-order valence-electron chi connectivity index (χ3n) is 0.644. The monoisotopic (exact) mass is 216 g/mol. The maximum Gasteiger partial charge on any atom is 0.414 e. The highest BCUT2D eigenvalue weighted by atomic mass is 32.3. The molecule has 6 nitrogen and oxygen atoms in total. The first-order valence-corrected chi connectivity index (χ1v) is 5.61. The van der Waals surface area contributed by atoms with Gasteiger partial charge in [0.05, 0.1) is 12.0 Å². The Labute approximate surface area is 71.2 Å². The van der Waals surface area contributed by atoms with E-state index in [-0.39, 0.29) is 6.61 Å². The van der Waals surface area contributed by atoms with E-state index in [0.29, 0.717) is 5.41 Å². The lowest BCUT2D eigenvalue weighted by atomic mass is 10.9. The maximum atomic E-state index is 10.5. The molecule has 0 bridgehead atoms. The van der Waals surface area contributed by atoms with Gasteiger partial charge >= 0.3 is 20.5 Å². The lowest BCUT2D eigenvalue weighted by Crippen LogP contribution is -2.13. The molecule has 0 rings (SSSR count). The molecule has 0 aromatic carbocycles. The normalized spacial score (nSPS) is 12.8. The molecule has 0 N–H and O–H groups in total. The van der Waals surface area contributed by atoms with E-state index < -0.39 is 20.5 Å². The fourth-order valence-electron chi connectivity index (χ4n) is 0.308. The van der Waals surface area contributed by atoms with Crippen LogP contribution in [0.2, 0.25) is 0 Å². The van der Waals surface area contributed by atoms with Crippen LogP contribution in [0.25, 0.3) is 0 Å². The van der Waals surface area contributed by atoms with E-state index >= 15 is 0 Å². The molecule has 0 spiro atoms. The van der Waals surface area contributed by atoms with Crippen molar-refractivity contribution in [3.8, 4) is 0 Å². The van der Waals surface area contributed by atoms with Crippen LogP contribution in [0.5, 0.6) is 0 Å². The van der Waals surface area contributed by atoms with Crippen LogP contribution < -0.4 is 0 Å². The highest BCUT2D eigenvalue weighted by molar-refractivity contribution is 7.99. The quantitative estimate of drug-likeness (QED) is 0.630. The Morgan fingerprint density at radius 1 is 1.33 bits per heavy atom. The summed E-state index contributed by atoms with van der Waals surface area (Å²) >= 11 is 0. The molecule has 0 radical (unpaired) electrons. The van der Waals surface area contributed by atoms with Crippen molar-refractivity contribution in [3.63, 3.8) is 0 Å². The van der Waals surface area contributed by atoms with Crippen LogP contribution in [-0.4, -0.2) is 23.4 Å². The minimum absolute atomic E-state index is 0.199. The standard InChI is InChI=1S/C4H8O6S2/c1-3-9-12(7,8)10-11(5,6)4-2/h4H,2-3H2,1H3. The maximum absolute atomic E-state index is 10.5. The predicted octanol–water partition coefficient (Wildman–Crippen LogP) is -0.242. The van der Waals surface area contributed by atoms with Crippen LogP contribution in [0.1, 0.15) is 6.92 Å². The Balaban J connectivity index is 4.58. The van der Waals surface area contributed by atoms with Crippen molar-refractivity contribution in [1.29, 1.82) is 0 Å². The Morgan fingerprint density at radius 2 is 1.83 bits per heavy atom. The largest absolute Gasteiger partial charge is 0.414 e. The van der Waals surface area contributed by atoms with Gasteiger partial charge in [-0.3, -0.25) is 0 Å². The second-order valence-electron chi connectivity index (χ2n) is 1.54. The van der Waals surface area contributed by atoms with Crippen molar-refractivity contribution in [2.45, 2.75) is 6.92 Å². The molecule has 0 aromatic heterocycles. The van der Waals surface area contributed by atoms with Crippen LogP contribution in [0, 0.1) is 0 Å². The fourth-order valence-corrected chi connectivity index (χ4v) is 1.91. The summed E-state index contributed by atoms with van der Waals surface area (Å²) in [6.45, 7) is 4.02. The van der Waals surface area contributed by atoms with Gasteiger partial charge in [0.25, 0.3) is 0 Å². The van der Waals surface area contributed by atoms with E-state index in [4.69, 9.17) is 0 Å². The highest BCUT2D eigenvalue weighted by Crippen LogP contribution is 2.03. The fraction of sp³-hybridized carbons (Fsp3) is 0.500. The van der Waals surface area contributed by atoms with E-state index in [0.717, 1.165) is 0 Å². The molecule has 72 valence electrons. The van der Waals surface area contributed by atoms with Crippen LogP contribution in [0.3, 0.4) is 0 Å². The Bertz CT molecular complexity index is 336. The smallest absolute Gasteiger partial charge is 0.248 e. The Kier molecular flexibility index (Phi) is 3.84. The van der Waals surface area contributed by atoms with Gasteiger partial charge in [-0.15, -0.1) is 3.63 Å².